The predicted molar refractivity (Wildman–Crippen MR) is 146 cm³/mol. The van der Waals surface area contributed by atoms with Gasteiger partial charge in [-0.15, -0.1) is 0 Å². The van der Waals surface area contributed by atoms with Gasteiger partial charge in [0.15, 0.2) is 11.5 Å². The second-order valence-electron chi connectivity index (χ2n) is 8.41. The largest absolute Gasteiger partial charge is 0.494 e. The number of methoxy groups -OCH3 is 3. The Bertz CT molecular complexity index is 1420. The van der Waals surface area contributed by atoms with Crippen LogP contribution >= 0.6 is 0 Å². The average Bonchev–Trinajstić information content (AvgIpc) is 2.93. The van der Waals surface area contributed by atoms with Crippen LogP contribution in [0, 0.1) is 6.92 Å². The highest BCUT2D eigenvalue weighted by molar-refractivity contribution is 7.89. The highest BCUT2D eigenvalue weighted by atomic mass is 32.2. The van der Waals surface area contributed by atoms with E-state index in [1.165, 1.54) is 45.6 Å². The van der Waals surface area contributed by atoms with Crippen molar-refractivity contribution in [2.45, 2.75) is 25.3 Å². The van der Waals surface area contributed by atoms with E-state index in [0.29, 0.717) is 23.5 Å². The van der Waals surface area contributed by atoms with Crippen LogP contribution in [0.4, 0.5) is 5.69 Å². The van der Waals surface area contributed by atoms with Crippen LogP contribution in [0.15, 0.2) is 65.6 Å². The predicted octanol–water partition coefficient (Wildman–Crippen LogP) is 4.03. The molecule has 0 radical (unpaired) electrons. The second kappa shape index (κ2) is 13.1. The molecule has 10 nitrogen and oxygen atoms in total. The van der Waals surface area contributed by atoms with Gasteiger partial charge in [-0.2, -0.15) is 4.31 Å². The van der Waals surface area contributed by atoms with Crippen molar-refractivity contribution in [3.8, 4) is 17.2 Å². The van der Waals surface area contributed by atoms with Gasteiger partial charge in [-0.25, -0.2) is 13.2 Å². The molecule has 0 atom stereocenters. The second-order valence-corrected chi connectivity index (χ2v) is 10.3. The molecule has 0 aliphatic heterocycles. The number of ether oxygens (including phenoxy) is 4. The SMILES string of the molecule is CCOc1ccc(S(=O)(=O)N(CC(=O)Nc2cc(OC)c(OC)cc2C(=O)OC)Cc2ccccc2)cc1C. The molecule has 208 valence electrons. The lowest BCUT2D eigenvalue weighted by Crippen LogP contribution is -2.37. The molecule has 0 aliphatic carbocycles. The van der Waals surface area contributed by atoms with Gasteiger partial charge < -0.3 is 24.3 Å². The molecule has 0 spiro atoms. The molecule has 1 amide bonds. The zero-order chi connectivity index (χ0) is 28.6. The van der Waals surface area contributed by atoms with Crippen LogP contribution in [-0.4, -0.2) is 59.1 Å². The number of esters is 1. The Labute approximate surface area is 228 Å². The van der Waals surface area contributed by atoms with Gasteiger partial charge in [0.2, 0.25) is 15.9 Å². The van der Waals surface area contributed by atoms with Crippen LogP contribution in [0.1, 0.15) is 28.4 Å². The molecular weight excluding hydrogens is 524 g/mol. The van der Waals surface area contributed by atoms with E-state index in [0.717, 1.165) is 4.31 Å². The van der Waals surface area contributed by atoms with Gasteiger partial charge in [-0.05, 0) is 43.2 Å². The zero-order valence-electron chi connectivity index (χ0n) is 22.5. The zero-order valence-corrected chi connectivity index (χ0v) is 23.3. The number of hydrogen-bond acceptors (Lipinski definition) is 8. The van der Waals surface area contributed by atoms with Crippen LogP contribution in [-0.2, 0) is 26.1 Å². The van der Waals surface area contributed by atoms with Crippen molar-refractivity contribution < 1.29 is 37.0 Å². The number of aryl methyl sites for hydroxylation is 1. The number of carbonyl (C=O) groups is 2. The molecule has 0 saturated carbocycles. The normalized spacial score (nSPS) is 11.1. The quantitative estimate of drug-likeness (QED) is 0.332. The average molecular weight is 557 g/mol. The number of sulfonamides is 1. The van der Waals surface area contributed by atoms with Gasteiger partial charge in [0, 0.05) is 18.7 Å². The van der Waals surface area contributed by atoms with E-state index in [-0.39, 0.29) is 34.2 Å². The van der Waals surface area contributed by atoms with Crippen molar-refractivity contribution in [2.75, 3.05) is 39.8 Å². The van der Waals surface area contributed by atoms with E-state index in [1.54, 1.807) is 37.3 Å². The summed E-state index contributed by atoms with van der Waals surface area (Å²) in [5.74, 6) is -0.291. The van der Waals surface area contributed by atoms with Gasteiger partial charge in [0.1, 0.15) is 5.75 Å². The molecule has 0 aromatic heterocycles. The Hall–Kier alpha value is -4.09. The minimum absolute atomic E-state index is 0.0168. The minimum atomic E-state index is -4.11. The van der Waals surface area contributed by atoms with E-state index >= 15 is 0 Å². The summed E-state index contributed by atoms with van der Waals surface area (Å²) in [6.45, 7) is 3.45. The van der Waals surface area contributed by atoms with Gasteiger partial charge in [-0.3, -0.25) is 4.79 Å². The molecule has 11 heteroatoms. The first-order chi connectivity index (χ1) is 18.6. The fourth-order valence-corrected chi connectivity index (χ4v) is 5.34. The summed E-state index contributed by atoms with van der Waals surface area (Å²) >= 11 is 0. The highest BCUT2D eigenvalue weighted by Gasteiger charge is 2.28. The molecular formula is C28H32N2O8S. The fraction of sp³-hybridized carbons (Fsp3) is 0.286. The minimum Gasteiger partial charge on any atom is -0.494 e. The maximum atomic E-state index is 13.7. The maximum absolute atomic E-state index is 13.7. The molecule has 3 rings (SSSR count). The number of nitrogens with one attached hydrogen (secondary N) is 1. The molecule has 0 unspecified atom stereocenters. The van der Waals surface area contributed by atoms with Crippen molar-refractivity contribution >= 4 is 27.6 Å². The van der Waals surface area contributed by atoms with Crippen molar-refractivity contribution in [2.24, 2.45) is 0 Å². The van der Waals surface area contributed by atoms with Crippen LogP contribution in [0.5, 0.6) is 17.2 Å². The van der Waals surface area contributed by atoms with Crippen molar-refractivity contribution in [3.05, 3.63) is 77.4 Å². The number of anilines is 1. The third kappa shape index (κ3) is 7.06. The molecule has 0 bridgehead atoms. The first kappa shape index (κ1) is 29.5. The maximum Gasteiger partial charge on any atom is 0.340 e. The van der Waals surface area contributed by atoms with E-state index in [4.69, 9.17) is 18.9 Å². The lowest BCUT2D eigenvalue weighted by Gasteiger charge is -2.23. The monoisotopic (exact) mass is 556 g/mol. The van der Waals surface area contributed by atoms with Gasteiger partial charge >= 0.3 is 5.97 Å². The van der Waals surface area contributed by atoms with Crippen LogP contribution < -0.4 is 19.5 Å². The number of nitrogens with zero attached hydrogens (tertiary/aromatic N) is 1. The number of hydrogen-bond donors (Lipinski definition) is 1. The summed E-state index contributed by atoms with van der Waals surface area (Å²) in [5, 5.41) is 2.63. The third-order valence-corrected chi connectivity index (χ3v) is 7.60. The molecule has 0 aliphatic rings. The van der Waals surface area contributed by atoms with Crippen LogP contribution in [0.25, 0.3) is 0 Å². The number of benzene rings is 3. The van der Waals surface area contributed by atoms with E-state index in [2.05, 4.69) is 5.32 Å². The van der Waals surface area contributed by atoms with Gasteiger partial charge in [0.05, 0.1) is 50.6 Å². The third-order valence-electron chi connectivity index (χ3n) is 5.81. The number of rotatable bonds is 12. The Kier molecular flexibility index (Phi) is 9.91. The topological polar surface area (TPSA) is 120 Å². The summed E-state index contributed by atoms with van der Waals surface area (Å²) < 4.78 is 49.5. The molecule has 3 aromatic rings. The molecule has 1 N–H and O–H groups in total. The van der Waals surface area contributed by atoms with Crippen LogP contribution in [0.2, 0.25) is 0 Å². The first-order valence-corrected chi connectivity index (χ1v) is 13.5. The summed E-state index contributed by atoms with van der Waals surface area (Å²) in [6.07, 6.45) is 0. The standard InChI is InChI=1S/C28H32N2O8S/c1-6-38-24-13-12-21(14-19(24)2)39(33,34)30(17-20-10-8-7-9-11-20)18-27(31)29-23-16-26(36-4)25(35-3)15-22(23)28(32)37-5/h7-16H,6,17-18H2,1-5H3,(H,29,31). The first-order valence-electron chi connectivity index (χ1n) is 12.1. The van der Waals surface area contributed by atoms with E-state index < -0.39 is 28.4 Å². The molecule has 0 fully saturated rings. The Morgan fingerprint density at radius 2 is 1.56 bits per heavy atom. The number of amides is 1. The Balaban J connectivity index is 1.97. The van der Waals surface area contributed by atoms with E-state index in [9.17, 15) is 18.0 Å². The van der Waals surface area contributed by atoms with Gasteiger partial charge in [-0.1, -0.05) is 30.3 Å². The van der Waals surface area contributed by atoms with Crippen molar-refractivity contribution in [1.82, 2.24) is 4.31 Å². The number of carbonyl (C=O) groups excluding carboxylic acids is 2. The van der Waals surface area contributed by atoms with E-state index in [1.807, 2.05) is 13.0 Å². The Morgan fingerprint density at radius 3 is 2.15 bits per heavy atom. The Morgan fingerprint density at radius 1 is 0.897 bits per heavy atom. The lowest BCUT2D eigenvalue weighted by molar-refractivity contribution is -0.116. The van der Waals surface area contributed by atoms with Crippen LogP contribution in [0.3, 0.4) is 0 Å². The molecule has 39 heavy (non-hydrogen) atoms. The summed E-state index contributed by atoms with van der Waals surface area (Å²) in [7, 11) is -0.0890. The van der Waals surface area contributed by atoms with Crippen molar-refractivity contribution in [3.63, 3.8) is 0 Å². The van der Waals surface area contributed by atoms with Gasteiger partial charge in [0.25, 0.3) is 0 Å². The summed E-state index contributed by atoms with van der Waals surface area (Å²) in [4.78, 5) is 25.7. The molecule has 0 saturated heterocycles. The smallest absolute Gasteiger partial charge is 0.340 e. The highest BCUT2D eigenvalue weighted by Crippen LogP contribution is 2.34. The molecule has 3 aromatic carbocycles. The summed E-state index contributed by atoms with van der Waals surface area (Å²) in [6, 6.07) is 16.3. The van der Waals surface area contributed by atoms with Crippen molar-refractivity contribution in [1.29, 1.82) is 0 Å². The summed E-state index contributed by atoms with van der Waals surface area (Å²) in [5.41, 5.74) is 1.44. The fourth-order valence-electron chi connectivity index (χ4n) is 3.87. The lowest BCUT2D eigenvalue weighted by atomic mass is 10.1. The molecule has 0 heterocycles.